The minimum atomic E-state index is -0.256. The van der Waals surface area contributed by atoms with E-state index in [4.69, 9.17) is 4.84 Å². The molecule has 1 unspecified atom stereocenters. The Hall–Kier alpha value is -2.61. The van der Waals surface area contributed by atoms with Crippen LogP contribution in [0.3, 0.4) is 0 Å². The molecule has 0 bridgehead atoms. The number of rotatable bonds is 10. The SMILES string of the molecule is CCC/C=C/N1C(Cn2c(SCc3ccc(F)cc3)nc(=O)c3c2CCC3)=NOC1CCC. The number of hydrogen-bond acceptors (Lipinski definition) is 6. The molecule has 2 aliphatic rings. The molecule has 1 aromatic heterocycles. The summed E-state index contributed by atoms with van der Waals surface area (Å²) in [5.41, 5.74) is 2.72. The number of unbranched alkanes of at least 4 members (excludes halogenated alkanes) is 1. The van der Waals surface area contributed by atoms with Gasteiger partial charge in [-0.05, 0) is 43.4 Å². The number of oxime groups is 1. The average Bonchev–Trinajstić information content (AvgIpc) is 3.44. The maximum atomic E-state index is 13.3. The molecule has 0 spiro atoms. The summed E-state index contributed by atoms with van der Waals surface area (Å²) in [6.07, 6.45) is 10.7. The molecule has 4 rings (SSSR count). The second-order valence-electron chi connectivity index (χ2n) is 8.42. The molecular weight excluding hydrogens is 439 g/mol. The van der Waals surface area contributed by atoms with Crippen molar-refractivity contribution < 1.29 is 9.23 Å². The first kappa shape index (κ1) is 23.5. The van der Waals surface area contributed by atoms with Crippen molar-refractivity contribution >= 4 is 17.6 Å². The van der Waals surface area contributed by atoms with Crippen LogP contribution in [0.15, 0.2) is 51.6 Å². The summed E-state index contributed by atoms with van der Waals surface area (Å²) in [7, 11) is 0. The van der Waals surface area contributed by atoms with E-state index >= 15 is 0 Å². The Morgan fingerprint density at radius 3 is 2.79 bits per heavy atom. The summed E-state index contributed by atoms with van der Waals surface area (Å²) in [6.45, 7) is 4.79. The van der Waals surface area contributed by atoms with Crippen molar-refractivity contribution in [1.29, 1.82) is 0 Å². The molecule has 1 aromatic carbocycles. The van der Waals surface area contributed by atoms with Gasteiger partial charge in [0.05, 0.1) is 6.54 Å². The van der Waals surface area contributed by atoms with Crippen molar-refractivity contribution in [1.82, 2.24) is 14.5 Å². The van der Waals surface area contributed by atoms with Crippen LogP contribution in [0, 0.1) is 5.82 Å². The Kier molecular flexibility index (Phi) is 7.85. The molecule has 1 aliphatic heterocycles. The van der Waals surface area contributed by atoms with Gasteiger partial charge in [0, 0.05) is 29.6 Å². The van der Waals surface area contributed by atoms with Gasteiger partial charge in [0.1, 0.15) is 5.82 Å². The minimum Gasteiger partial charge on any atom is -0.368 e. The van der Waals surface area contributed by atoms with Gasteiger partial charge >= 0.3 is 0 Å². The average molecular weight is 471 g/mol. The van der Waals surface area contributed by atoms with Gasteiger partial charge in [-0.1, -0.05) is 61.8 Å². The molecule has 33 heavy (non-hydrogen) atoms. The Labute approximate surface area is 198 Å². The highest BCUT2D eigenvalue weighted by Crippen LogP contribution is 2.28. The molecule has 0 N–H and O–H groups in total. The van der Waals surface area contributed by atoms with Crippen LogP contribution < -0.4 is 5.56 Å². The van der Waals surface area contributed by atoms with E-state index in [9.17, 15) is 9.18 Å². The first-order chi connectivity index (χ1) is 16.1. The minimum absolute atomic E-state index is 0.103. The molecule has 0 saturated carbocycles. The van der Waals surface area contributed by atoms with E-state index in [0.29, 0.717) is 17.5 Å². The Morgan fingerprint density at radius 1 is 1.21 bits per heavy atom. The highest BCUT2D eigenvalue weighted by molar-refractivity contribution is 7.98. The molecule has 1 atom stereocenters. The van der Waals surface area contributed by atoms with Gasteiger partial charge in [-0.2, -0.15) is 4.98 Å². The summed E-state index contributed by atoms with van der Waals surface area (Å²) >= 11 is 1.50. The number of thioether (sulfide) groups is 1. The fourth-order valence-corrected chi connectivity index (χ4v) is 5.17. The summed E-state index contributed by atoms with van der Waals surface area (Å²) in [4.78, 5) is 25.0. The smallest absolute Gasteiger partial charge is 0.277 e. The third-order valence-corrected chi connectivity index (χ3v) is 6.97. The zero-order chi connectivity index (χ0) is 23.2. The number of fused-ring (bicyclic) bond motifs is 1. The van der Waals surface area contributed by atoms with E-state index < -0.39 is 0 Å². The third kappa shape index (κ3) is 5.49. The summed E-state index contributed by atoms with van der Waals surface area (Å²) in [5, 5.41) is 5.09. The van der Waals surface area contributed by atoms with Crippen LogP contribution in [0.4, 0.5) is 4.39 Å². The van der Waals surface area contributed by atoms with Crippen molar-refractivity contribution in [3.05, 3.63) is 69.5 Å². The number of allylic oxidation sites excluding steroid dienone is 1. The topological polar surface area (TPSA) is 59.7 Å². The van der Waals surface area contributed by atoms with Crippen LogP contribution in [0.1, 0.15) is 62.8 Å². The van der Waals surface area contributed by atoms with Crippen LogP contribution in [0.2, 0.25) is 0 Å². The quantitative estimate of drug-likeness (QED) is 0.351. The second-order valence-corrected chi connectivity index (χ2v) is 9.36. The lowest BCUT2D eigenvalue weighted by Gasteiger charge is -2.23. The normalized spacial score (nSPS) is 17.5. The predicted octanol–water partition coefficient (Wildman–Crippen LogP) is 5.25. The van der Waals surface area contributed by atoms with Gasteiger partial charge in [0.25, 0.3) is 5.56 Å². The number of benzene rings is 1. The maximum absolute atomic E-state index is 13.3. The van der Waals surface area contributed by atoms with Crippen LogP contribution in [-0.4, -0.2) is 26.5 Å². The van der Waals surface area contributed by atoms with E-state index in [1.807, 2.05) is 0 Å². The standard InChI is InChI=1S/C25H31FN4O2S/c1-3-5-6-15-29-22(28-32-23(29)8-4-2)16-30-21-10-7-9-20(21)24(31)27-25(30)33-17-18-11-13-19(26)14-12-18/h6,11-15,23H,3-5,7-10,16-17H2,1-2H3/b15-6+. The van der Waals surface area contributed by atoms with Crippen molar-refractivity contribution in [2.75, 3.05) is 0 Å². The molecule has 176 valence electrons. The second kappa shape index (κ2) is 11.0. The van der Waals surface area contributed by atoms with E-state index in [1.54, 1.807) is 12.1 Å². The molecule has 6 nitrogen and oxygen atoms in total. The highest BCUT2D eigenvalue weighted by atomic mass is 32.2. The zero-order valence-electron chi connectivity index (χ0n) is 19.3. The fraction of sp³-hybridized carbons (Fsp3) is 0.480. The first-order valence-corrected chi connectivity index (χ1v) is 12.8. The molecule has 0 saturated heterocycles. The van der Waals surface area contributed by atoms with Crippen LogP contribution >= 0.6 is 11.8 Å². The molecule has 0 fully saturated rings. The molecule has 2 aromatic rings. The maximum Gasteiger partial charge on any atom is 0.277 e. The molecule has 1 aliphatic carbocycles. The molecule has 0 amide bonds. The molecule has 2 heterocycles. The fourth-order valence-electron chi connectivity index (χ4n) is 4.20. The van der Waals surface area contributed by atoms with Crippen LogP contribution in [-0.2, 0) is 30.0 Å². The van der Waals surface area contributed by atoms with E-state index in [2.05, 4.69) is 45.7 Å². The first-order valence-electron chi connectivity index (χ1n) is 11.8. The monoisotopic (exact) mass is 470 g/mol. The number of hydrogen-bond donors (Lipinski definition) is 0. The Morgan fingerprint density at radius 2 is 2.03 bits per heavy atom. The van der Waals surface area contributed by atoms with Crippen molar-refractivity contribution in [3.8, 4) is 0 Å². The highest BCUT2D eigenvalue weighted by Gasteiger charge is 2.30. The van der Waals surface area contributed by atoms with Gasteiger partial charge in [-0.15, -0.1) is 0 Å². The predicted molar refractivity (Wildman–Crippen MR) is 130 cm³/mol. The summed E-state index contributed by atoms with van der Waals surface area (Å²) in [5.74, 6) is 1.17. The molecule has 8 heteroatoms. The van der Waals surface area contributed by atoms with Gasteiger partial charge in [0.2, 0.25) is 6.23 Å². The molecule has 0 radical (unpaired) electrons. The van der Waals surface area contributed by atoms with Crippen LogP contribution in [0.25, 0.3) is 0 Å². The van der Waals surface area contributed by atoms with E-state index in [-0.39, 0.29) is 17.6 Å². The van der Waals surface area contributed by atoms with E-state index in [0.717, 1.165) is 67.6 Å². The van der Waals surface area contributed by atoms with Crippen molar-refractivity contribution in [2.45, 2.75) is 82.5 Å². The number of nitrogens with zero attached hydrogens (tertiary/aromatic N) is 4. The lowest BCUT2D eigenvalue weighted by molar-refractivity contribution is 0.0212. The number of halogens is 1. The molecular formula is C25H31FN4O2S. The third-order valence-electron chi connectivity index (χ3n) is 5.93. The Bertz CT molecular complexity index is 1080. The summed E-state index contributed by atoms with van der Waals surface area (Å²) < 4.78 is 15.4. The largest absolute Gasteiger partial charge is 0.368 e. The van der Waals surface area contributed by atoms with Crippen molar-refractivity contribution in [2.24, 2.45) is 5.16 Å². The van der Waals surface area contributed by atoms with Gasteiger partial charge < -0.3 is 9.40 Å². The van der Waals surface area contributed by atoms with E-state index in [1.165, 1.54) is 23.9 Å². The van der Waals surface area contributed by atoms with Gasteiger partial charge in [-0.3, -0.25) is 9.69 Å². The number of amidine groups is 1. The zero-order valence-corrected chi connectivity index (χ0v) is 20.1. The lowest BCUT2D eigenvalue weighted by atomic mass is 10.2. The lowest BCUT2D eigenvalue weighted by Crippen LogP contribution is -2.35. The van der Waals surface area contributed by atoms with Crippen molar-refractivity contribution in [3.63, 3.8) is 0 Å². The Balaban J connectivity index is 1.62. The summed E-state index contributed by atoms with van der Waals surface area (Å²) in [6, 6.07) is 6.45. The van der Waals surface area contributed by atoms with Crippen LogP contribution in [0.5, 0.6) is 0 Å². The van der Waals surface area contributed by atoms with Gasteiger partial charge in [-0.25, -0.2) is 4.39 Å². The van der Waals surface area contributed by atoms with Gasteiger partial charge in [0.15, 0.2) is 11.0 Å². The number of aromatic nitrogens is 2.